The highest BCUT2D eigenvalue weighted by Gasteiger charge is 2.30. The van der Waals surface area contributed by atoms with E-state index in [1.54, 1.807) is 12.1 Å². The third-order valence-electron chi connectivity index (χ3n) is 4.60. The number of hydrogen-bond donors (Lipinski definition) is 1. The highest BCUT2D eigenvalue weighted by Crippen LogP contribution is 2.30. The minimum Gasteiger partial charge on any atom is -0.340 e. The zero-order chi connectivity index (χ0) is 19.4. The van der Waals surface area contributed by atoms with Crippen molar-refractivity contribution < 1.29 is 18.0 Å². The molecule has 2 heterocycles. The van der Waals surface area contributed by atoms with Gasteiger partial charge in [0.2, 0.25) is 0 Å². The van der Waals surface area contributed by atoms with E-state index >= 15 is 0 Å². The summed E-state index contributed by atoms with van der Waals surface area (Å²) in [4.78, 5) is 20.8. The normalized spacial score (nSPS) is 15.6. The predicted molar refractivity (Wildman–Crippen MR) is 97.0 cm³/mol. The summed E-state index contributed by atoms with van der Waals surface area (Å²) in [6, 6.07) is 8.03. The van der Waals surface area contributed by atoms with Crippen molar-refractivity contribution in [3.8, 4) is 0 Å². The van der Waals surface area contributed by atoms with Crippen LogP contribution >= 0.6 is 0 Å². The Hall–Kier alpha value is -2.61. The number of carbonyl (C=O) groups excluding carboxylic acids is 1. The quantitative estimate of drug-likeness (QED) is 0.883. The number of aromatic nitrogens is 1. The number of nitrogens with zero attached hydrogens (tertiary/aromatic N) is 3. The Bertz CT molecular complexity index is 767. The standard InChI is InChI=1S/C19H21F3N4O/c1-2-25-9-11-26(12-10-25)18(27)14-3-8-17(23-13-14)24-16-6-4-15(5-7-16)19(20,21)22/h3-8,13H,2,9-12H2,1H3,(H,23,24). The van der Waals surface area contributed by atoms with E-state index in [9.17, 15) is 18.0 Å². The van der Waals surface area contributed by atoms with Gasteiger partial charge in [-0.05, 0) is 42.9 Å². The maximum atomic E-state index is 12.6. The third-order valence-corrected chi connectivity index (χ3v) is 4.60. The maximum Gasteiger partial charge on any atom is 0.416 e. The molecular weight excluding hydrogens is 357 g/mol. The molecule has 5 nitrogen and oxygen atoms in total. The first-order valence-electron chi connectivity index (χ1n) is 8.79. The fraction of sp³-hybridized carbons (Fsp3) is 0.368. The Morgan fingerprint density at radius 1 is 1.07 bits per heavy atom. The second kappa shape index (κ2) is 7.96. The van der Waals surface area contributed by atoms with Gasteiger partial charge in [0, 0.05) is 38.1 Å². The molecule has 0 spiro atoms. The molecule has 1 fully saturated rings. The summed E-state index contributed by atoms with van der Waals surface area (Å²) in [5.74, 6) is 0.404. The lowest BCUT2D eigenvalue weighted by Gasteiger charge is -2.34. The number of halogens is 3. The van der Waals surface area contributed by atoms with Gasteiger partial charge in [0.25, 0.3) is 5.91 Å². The van der Waals surface area contributed by atoms with Crippen molar-refractivity contribution in [2.45, 2.75) is 13.1 Å². The van der Waals surface area contributed by atoms with Crippen LogP contribution in [0.1, 0.15) is 22.8 Å². The summed E-state index contributed by atoms with van der Waals surface area (Å²) >= 11 is 0. The molecule has 1 amide bonds. The third kappa shape index (κ3) is 4.77. The van der Waals surface area contributed by atoms with Gasteiger partial charge in [-0.25, -0.2) is 4.98 Å². The zero-order valence-corrected chi connectivity index (χ0v) is 15.0. The lowest BCUT2D eigenvalue weighted by molar-refractivity contribution is -0.137. The largest absolute Gasteiger partial charge is 0.416 e. The van der Waals surface area contributed by atoms with E-state index in [4.69, 9.17) is 0 Å². The monoisotopic (exact) mass is 378 g/mol. The molecule has 0 aliphatic carbocycles. The van der Waals surface area contributed by atoms with Gasteiger partial charge in [0.1, 0.15) is 5.82 Å². The molecule has 1 aromatic carbocycles. The second-order valence-electron chi connectivity index (χ2n) is 6.36. The van der Waals surface area contributed by atoms with E-state index in [2.05, 4.69) is 22.1 Å². The number of alkyl halides is 3. The molecule has 0 radical (unpaired) electrons. The van der Waals surface area contributed by atoms with Crippen LogP contribution < -0.4 is 5.32 Å². The number of pyridine rings is 1. The van der Waals surface area contributed by atoms with Crippen LogP contribution in [0.5, 0.6) is 0 Å². The number of piperazine rings is 1. The topological polar surface area (TPSA) is 48.5 Å². The van der Waals surface area contributed by atoms with Crippen molar-refractivity contribution in [3.05, 3.63) is 53.7 Å². The molecule has 1 aromatic heterocycles. The molecule has 0 bridgehead atoms. The summed E-state index contributed by atoms with van der Waals surface area (Å²) in [5.41, 5.74) is 0.285. The average molecular weight is 378 g/mol. The fourth-order valence-corrected chi connectivity index (χ4v) is 2.93. The molecule has 1 aliphatic rings. The van der Waals surface area contributed by atoms with Gasteiger partial charge in [0.15, 0.2) is 0 Å². The molecule has 0 unspecified atom stereocenters. The summed E-state index contributed by atoms with van der Waals surface area (Å²) < 4.78 is 37.8. The van der Waals surface area contributed by atoms with Crippen LogP contribution in [0.3, 0.4) is 0 Å². The predicted octanol–water partition coefficient (Wildman–Crippen LogP) is 3.62. The fourth-order valence-electron chi connectivity index (χ4n) is 2.93. The van der Waals surface area contributed by atoms with Crippen molar-refractivity contribution in [2.24, 2.45) is 0 Å². The summed E-state index contributed by atoms with van der Waals surface area (Å²) in [6.07, 6.45) is -2.87. The van der Waals surface area contributed by atoms with Gasteiger partial charge in [0.05, 0.1) is 11.1 Å². The van der Waals surface area contributed by atoms with Crippen molar-refractivity contribution >= 4 is 17.4 Å². The number of rotatable bonds is 4. The number of likely N-dealkylation sites (N-methyl/N-ethyl adjacent to an activating group) is 1. The number of carbonyl (C=O) groups is 1. The molecule has 27 heavy (non-hydrogen) atoms. The minimum atomic E-state index is -4.36. The Balaban J connectivity index is 1.61. The molecular formula is C19H21F3N4O. The van der Waals surface area contributed by atoms with Crippen molar-refractivity contribution in [2.75, 3.05) is 38.0 Å². The van der Waals surface area contributed by atoms with Crippen LogP contribution in [-0.4, -0.2) is 53.4 Å². The first-order valence-corrected chi connectivity index (χ1v) is 8.79. The molecule has 144 valence electrons. The summed E-state index contributed by atoms with van der Waals surface area (Å²) in [5, 5.41) is 2.93. The lowest BCUT2D eigenvalue weighted by atomic mass is 10.2. The van der Waals surface area contributed by atoms with Crippen LogP contribution in [0.25, 0.3) is 0 Å². The van der Waals surface area contributed by atoms with Gasteiger partial charge in [-0.2, -0.15) is 13.2 Å². The number of nitrogens with one attached hydrogen (secondary N) is 1. The highest BCUT2D eigenvalue weighted by atomic mass is 19.4. The van der Waals surface area contributed by atoms with Gasteiger partial charge in [-0.1, -0.05) is 6.92 Å². The molecule has 8 heteroatoms. The van der Waals surface area contributed by atoms with E-state index in [1.165, 1.54) is 18.3 Å². The first-order chi connectivity index (χ1) is 12.9. The van der Waals surface area contributed by atoms with Crippen molar-refractivity contribution in [3.63, 3.8) is 0 Å². The number of benzene rings is 1. The molecule has 0 saturated carbocycles. The summed E-state index contributed by atoms with van der Waals surface area (Å²) in [6.45, 7) is 6.20. The van der Waals surface area contributed by atoms with E-state index in [0.717, 1.165) is 31.8 Å². The average Bonchev–Trinajstić information content (AvgIpc) is 2.68. The molecule has 1 N–H and O–H groups in total. The van der Waals surface area contributed by atoms with Crippen LogP contribution in [0.15, 0.2) is 42.6 Å². The maximum absolute atomic E-state index is 12.6. The van der Waals surface area contributed by atoms with E-state index in [0.29, 0.717) is 30.2 Å². The SMILES string of the molecule is CCN1CCN(C(=O)c2ccc(Nc3ccc(C(F)(F)F)cc3)nc2)CC1. The Morgan fingerprint density at radius 3 is 2.26 bits per heavy atom. The van der Waals surface area contributed by atoms with E-state index < -0.39 is 11.7 Å². The van der Waals surface area contributed by atoms with Gasteiger partial charge < -0.3 is 15.1 Å². The Labute approximate surface area is 155 Å². The van der Waals surface area contributed by atoms with Crippen LogP contribution in [0.2, 0.25) is 0 Å². The first kappa shape index (κ1) is 19.2. The smallest absolute Gasteiger partial charge is 0.340 e. The zero-order valence-electron chi connectivity index (χ0n) is 15.0. The molecule has 1 saturated heterocycles. The van der Waals surface area contributed by atoms with Crippen LogP contribution in [0.4, 0.5) is 24.7 Å². The molecule has 0 atom stereocenters. The number of amides is 1. The molecule has 2 aromatic rings. The van der Waals surface area contributed by atoms with Gasteiger partial charge >= 0.3 is 6.18 Å². The number of hydrogen-bond acceptors (Lipinski definition) is 4. The lowest BCUT2D eigenvalue weighted by Crippen LogP contribution is -2.48. The van der Waals surface area contributed by atoms with Crippen molar-refractivity contribution in [1.82, 2.24) is 14.8 Å². The van der Waals surface area contributed by atoms with Gasteiger partial charge in [-0.3, -0.25) is 4.79 Å². The van der Waals surface area contributed by atoms with E-state index in [1.807, 2.05) is 4.90 Å². The second-order valence-corrected chi connectivity index (χ2v) is 6.36. The Kier molecular flexibility index (Phi) is 5.65. The number of anilines is 2. The summed E-state index contributed by atoms with van der Waals surface area (Å²) in [7, 11) is 0. The van der Waals surface area contributed by atoms with Crippen LogP contribution in [0, 0.1) is 0 Å². The van der Waals surface area contributed by atoms with Crippen molar-refractivity contribution in [1.29, 1.82) is 0 Å². The molecule has 3 rings (SSSR count). The van der Waals surface area contributed by atoms with E-state index in [-0.39, 0.29) is 5.91 Å². The Morgan fingerprint density at radius 2 is 1.74 bits per heavy atom. The minimum absolute atomic E-state index is 0.0562. The highest BCUT2D eigenvalue weighted by molar-refractivity contribution is 5.94. The molecule has 1 aliphatic heterocycles. The van der Waals surface area contributed by atoms with Crippen LogP contribution in [-0.2, 0) is 6.18 Å². The van der Waals surface area contributed by atoms with Gasteiger partial charge in [-0.15, -0.1) is 0 Å².